The quantitative estimate of drug-likeness (QED) is 0.392. The van der Waals surface area contributed by atoms with E-state index in [-0.39, 0.29) is 11.8 Å². The number of benzene rings is 1. The highest BCUT2D eigenvalue weighted by Gasteiger charge is 2.39. The molecule has 1 aromatic heterocycles. The molecule has 10 nitrogen and oxygen atoms in total. The summed E-state index contributed by atoms with van der Waals surface area (Å²) in [5.41, 5.74) is 7.15. The minimum Gasteiger partial charge on any atom is -0.378 e. The largest absolute Gasteiger partial charge is 0.378 e. The topological polar surface area (TPSA) is 140 Å². The summed E-state index contributed by atoms with van der Waals surface area (Å²) in [6.45, 7) is 6.70. The first-order chi connectivity index (χ1) is 17.1. The van der Waals surface area contributed by atoms with Gasteiger partial charge in [0.05, 0.1) is 24.7 Å². The third kappa shape index (κ3) is 6.71. The van der Waals surface area contributed by atoms with Gasteiger partial charge in [0.1, 0.15) is 16.5 Å². The SMILES string of the molecule is CC(C)(N)CNC(=O)Nc1ccc(-c2nc(N3CCOCC3)cc(C3(C[SH](=O)=O)CCCC3)n2)cc1. The predicted octanol–water partition coefficient (Wildman–Crippen LogP) is 2.26. The number of anilines is 2. The maximum Gasteiger partial charge on any atom is 0.319 e. The van der Waals surface area contributed by atoms with Gasteiger partial charge in [-0.1, -0.05) is 12.8 Å². The minimum absolute atomic E-state index is 0.0961. The Kier molecular flexibility index (Phi) is 8.11. The second-order valence-corrected chi connectivity index (χ2v) is 11.4. The first kappa shape index (κ1) is 26.3. The Bertz CT molecular complexity index is 1130. The minimum atomic E-state index is -2.54. The molecule has 1 saturated carbocycles. The molecule has 4 rings (SSSR count). The standard InChI is InChI=1S/C25H36N6O4S/c1-24(2,26)16-27-23(32)28-19-7-5-18(6-8-19)22-29-20(25(17-36(33)34)9-3-4-10-25)15-21(30-22)31-11-13-35-14-12-31/h5-8,15,36H,3-4,9-14,16-17,26H2,1-2H3,(H2,27,28,32). The third-order valence-corrected chi connectivity index (χ3v) is 7.55. The second kappa shape index (κ2) is 11.1. The van der Waals surface area contributed by atoms with Crippen LogP contribution in [0.5, 0.6) is 0 Å². The molecule has 11 heteroatoms. The van der Waals surface area contributed by atoms with Crippen LogP contribution in [-0.4, -0.2) is 68.6 Å². The lowest BCUT2D eigenvalue weighted by Gasteiger charge is -2.31. The smallest absolute Gasteiger partial charge is 0.319 e. The summed E-state index contributed by atoms with van der Waals surface area (Å²) in [4.78, 5) is 24.1. The monoisotopic (exact) mass is 516 g/mol. The molecule has 2 fully saturated rings. The van der Waals surface area contributed by atoms with E-state index in [1.807, 2.05) is 32.0 Å². The molecule has 36 heavy (non-hydrogen) atoms. The van der Waals surface area contributed by atoms with Crippen molar-refractivity contribution in [3.63, 3.8) is 0 Å². The first-order valence-corrected chi connectivity index (χ1v) is 13.8. The average molecular weight is 517 g/mol. The van der Waals surface area contributed by atoms with Gasteiger partial charge in [-0.25, -0.2) is 23.2 Å². The number of nitrogens with zero attached hydrogens (tertiary/aromatic N) is 3. The van der Waals surface area contributed by atoms with Crippen LogP contribution >= 0.6 is 0 Å². The Morgan fingerprint density at radius 3 is 2.42 bits per heavy atom. The fourth-order valence-electron chi connectivity index (χ4n) is 4.77. The molecule has 4 N–H and O–H groups in total. The van der Waals surface area contributed by atoms with Crippen molar-refractivity contribution in [2.24, 2.45) is 5.73 Å². The van der Waals surface area contributed by atoms with Crippen molar-refractivity contribution in [2.75, 3.05) is 48.8 Å². The summed E-state index contributed by atoms with van der Waals surface area (Å²) in [6.07, 6.45) is 3.57. The van der Waals surface area contributed by atoms with E-state index in [2.05, 4.69) is 15.5 Å². The van der Waals surface area contributed by atoms with Crippen LogP contribution in [0.1, 0.15) is 45.2 Å². The highest BCUT2D eigenvalue weighted by Crippen LogP contribution is 2.42. The predicted molar refractivity (Wildman–Crippen MR) is 141 cm³/mol. The number of nitrogens with one attached hydrogen (secondary N) is 2. The molecule has 0 spiro atoms. The lowest BCUT2D eigenvalue weighted by atomic mass is 9.84. The molecule has 0 unspecified atom stereocenters. The molecule has 2 amide bonds. The number of hydrogen-bond acceptors (Lipinski definition) is 8. The molecule has 0 radical (unpaired) electrons. The Morgan fingerprint density at radius 1 is 1.14 bits per heavy atom. The Balaban J connectivity index is 1.62. The van der Waals surface area contributed by atoms with Crippen LogP contribution in [-0.2, 0) is 20.9 Å². The maximum atomic E-state index is 12.2. The Hall–Kier alpha value is -2.76. The summed E-state index contributed by atoms with van der Waals surface area (Å²) in [5, 5.41) is 5.56. The van der Waals surface area contributed by atoms with Crippen LogP contribution in [0.15, 0.2) is 30.3 Å². The molecule has 196 valence electrons. The maximum absolute atomic E-state index is 12.2. The number of amides is 2. The molecule has 1 aliphatic carbocycles. The van der Waals surface area contributed by atoms with Gasteiger partial charge in [-0.15, -0.1) is 0 Å². The van der Waals surface area contributed by atoms with Gasteiger partial charge in [0.2, 0.25) is 0 Å². The van der Waals surface area contributed by atoms with Crippen LogP contribution in [0.3, 0.4) is 0 Å². The fraction of sp³-hybridized carbons (Fsp3) is 0.560. The molecule has 0 bridgehead atoms. The highest BCUT2D eigenvalue weighted by atomic mass is 32.2. The molecule has 2 aromatic rings. The van der Waals surface area contributed by atoms with Gasteiger partial charge in [-0.05, 0) is 51.0 Å². The van der Waals surface area contributed by atoms with E-state index in [4.69, 9.17) is 20.4 Å². The van der Waals surface area contributed by atoms with Crippen molar-refractivity contribution >= 4 is 28.2 Å². The van der Waals surface area contributed by atoms with Crippen molar-refractivity contribution in [1.82, 2.24) is 15.3 Å². The third-order valence-electron chi connectivity index (χ3n) is 6.69. The number of thiol groups is 1. The number of hydrogen-bond donors (Lipinski definition) is 4. The normalized spacial score (nSPS) is 17.8. The van der Waals surface area contributed by atoms with Gasteiger partial charge in [0.15, 0.2) is 5.82 Å². The lowest BCUT2D eigenvalue weighted by molar-refractivity contribution is 0.122. The fourth-order valence-corrected chi connectivity index (χ4v) is 5.74. The van der Waals surface area contributed by atoms with Crippen molar-refractivity contribution in [1.29, 1.82) is 0 Å². The Labute approximate surface area is 214 Å². The number of morpholine rings is 1. The van der Waals surface area contributed by atoms with Gasteiger partial charge in [-0.2, -0.15) is 0 Å². The van der Waals surface area contributed by atoms with Crippen LogP contribution in [0, 0.1) is 0 Å². The van der Waals surface area contributed by atoms with E-state index < -0.39 is 21.7 Å². The van der Waals surface area contributed by atoms with Crippen LogP contribution in [0.4, 0.5) is 16.3 Å². The molecular formula is C25H36N6O4S. The van der Waals surface area contributed by atoms with Crippen LogP contribution in [0.2, 0.25) is 0 Å². The van der Waals surface area contributed by atoms with Crippen molar-refractivity contribution in [3.8, 4) is 11.4 Å². The number of nitrogens with two attached hydrogens (primary N) is 1. The first-order valence-electron chi connectivity index (χ1n) is 12.4. The number of carbonyl (C=O) groups excluding carboxylic acids is 1. The molecule has 2 heterocycles. The molecular weight excluding hydrogens is 480 g/mol. The number of carbonyl (C=O) groups is 1. The van der Waals surface area contributed by atoms with Crippen molar-refractivity contribution in [3.05, 3.63) is 36.0 Å². The molecule has 1 aliphatic heterocycles. The van der Waals surface area contributed by atoms with Crippen LogP contribution in [0.25, 0.3) is 11.4 Å². The molecule has 1 saturated heterocycles. The number of urea groups is 1. The van der Waals surface area contributed by atoms with E-state index in [0.29, 0.717) is 31.3 Å². The van der Waals surface area contributed by atoms with Gasteiger partial charge >= 0.3 is 6.03 Å². The molecule has 0 atom stereocenters. The zero-order valence-electron chi connectivity index (χ0n) is 21.0. The van der Waals surface area contributed by atoms with E-state index in [0.717, 1.165) is 55.8 Å². The average Bonchev–Trinajstić information content (AvgIpc) is 3.32. The number of rotatable bonds is 8. The van der Waals surface area contributed by atoms with Gasteiger partial charge < -0.3 is 26.0 Å². The lowest BCUT2D eigenvalue weighted by Crippen LogP contribution is -2.46. The Morgan fingerprint density at radius 2 is 1.81 bits per heavy atom. The van der Waals surface area contributed by atoms with E-state index in [1.165, 1.54) is 0 Å². The summed E-state index contributed by atoms with van der Waals surface area (Å²) >= 11 is 0. The summed E-state index contributed by atoms with van der Waals surface area (Å²) in [7, 11) is -2.54. The van der Waals surface area contributed by atoms with Crippen molar-refractivity contribution < 1.29 is 17.9 Å². The summed E-state index contributed by atoms with van der Waals surface area (Å²) in [6, 6.07) is 8.96. The molecule has 1 aromatic carbocycles. The van der Waals surface area contributed by atoms with Gasteiger partial charge in [-0.3, -0.25) is 0 Å². The number of aromatic nitrogens is 2. The zero-order chi connectivity index (χ0) is 25.8. The summed E-state index contributed by atoms with van der Waals surface area (Å²) < 4.78 is 29.2. The highest BCUT2D eigenvalue weighted by molar-refractivity contribution is 7.72. The summed E-state index contributed by atoms with van der Waals surface area (Å²) in [5.74, 6) is 1.43. The van der Waals surface area contributed by atoms with E-state index in [9.17, 15) is 13.2 Å². The zero-order valence-corrected chi connectivity index (χ0v) is 21.9. The van der Waals surface area contributed by atoms with Crippen LogP contribution < -0.4 is 21.3 Å². The van der Waals surface area contributed by atoms with Gasteiger partial charge in [0, 0.05) is 47.9 Å². The second-order valence-electron chi connectivity index (χ2n) is 10.4. The van der Waals surface area contributed by atoms with Crippen molar-refractivity contribution in [2.45, 2.75) is 50.5 Å². The van der Waals surface area contributed by atoms with E-state index >= 15 is 0 Å². The number of ether oxygens (including phenoxy) is 1. The van der Waals surface area contributed by atoms with E-state index in [1.54, 1.807) is 12.1 Å². The molecule has 2 aliphatic rings. The van der Waals surface area contributed by atoms with Gasteiger partial charge in [0.25, 0.3) is 0 Å².